The fourth-order valence-electron chi connectivity index (χ4n) is 2.83. The van der Waals surface area contributed by atoms with Gasteiger partial charge in [-0.05, 0) is 29.6 Å². The van der Waals surface area contributed by atoms with E-state index < -0.39 is 0 Å². The summed E-state index contributed by atoms with van der Waals surface area (Å²) in [6, 6.07) is 0. The molecule has 14 heavy (non-hydrogen) atoms. The van der Waals surface area contributed by atoms with Gasteiger partial charge in [0.05, 0.1) is 0 Å². The molecule has 0 aromatic heterocycles. The topological polar surface area (TPSA) is 0 Å². The summed E-state index contributed by atoms with van der Waals surface area (Å²) in [4.78, 5) is 0. The number of hydrogen-bond donors (Lipinski definition) is 0. The predicted molar refractivity (Wildman–Crippen MR) is 64.4 cm³/mol. The van der Waals surface area contributed by atoms with Crippen molar-refractivity contribution in [2.45, 2.75) is 73.1 Å². The quantitative estimate of drug-likeness (QED) is 0.594. The zero-order valence-corrected chi connectivity index (χ0v) is 10.8. The van der Waals surface area contributed by atoms with Gasteiger partial charge in [0.2, 0.25) is 0 Å². The minimum absolute atomic E-state index is 0.495. The van der Waals surface area contributed by atoms with Crippen LogP contribution >= 0.6 is 0 Å². The number of hydrogen-bond acceptors (Lipinski definition) is 0. The molecule has 0 aliphatic heterocycles. The van der Waals surface area contributed by atoms with Crippen molar-refractivity contribution in [1.29, 1.82) is 0 Å². The molecule has 0 bridgehead atoms. The molecule has 0 aromatic carbocycles. The van der Waals surface area contributed by atoms with Crippen LogP contribution in [-0.4, -0.2) is 0 Å². The van der Waals surface area contributed by atoms with Crippen LogP contribution in [0.5, 0.6) is 0 Å². The van der Waals surface area contributed by atoms with Gasteiger partial charge in [-0.3, -0.25) is 0 Å². The summed E-state index contributed by atoms with van der Waals surface area (Å²) in [6.45, 7) is 12.2. The molecule has 0 N–H and O–H groups in total. The standard InChI is InChI=1S/C14H28/c1-6-13(2,3)14(4,5)12-10-8-7-9-11-12/h12H,6-11H2,1-5H3. The molecule has 1 fully saturated rings. The molecule has 0 atom stereocenters. The summed E-state index contributed by atoms with van der Waals surface area (Å²) in [5, 5.41) is 0. The van der Waals surface area contributed by atoms with E-state index in [-0.39, 0.29) is 0 Å². The smallest absolute Gasteiger partial charge is 0.0275 e. The SMILES string of the molecule is CCC(C)(C)C(C)(C)C1CCCCC1. The monoisotopic (exact) mass is 196 g/mol. The molecule has 0 unspecified atom stereocenters. The first kappa shape index (κ1) is 12.1. The lowest BCUT2D eigenvalue weighted by molar-refractivity contribution is 0.0161. The second kappa shape index (κ2) is 4.24. The maximum absolute atomic E-state index is 2.49. The third-order valence-electron chi connectivity index (χ3n) is 5.25. The Morgan fingerprint density at radius 1 is 0.929 bits per heavy atom. The highest BCUT2D eigenvalue weighted by atomic mass is 14.5. The summed E-state index contributed by atoms with van der Waals surface area (Å²) in [7, 11) is 0. The van der Waals surface area contributed by atoms with E-state index in [0.29, 0.717) is 10.8 Å². The Labute approximate surface area is 90.5 Å². The van der Waals surface area contributed by atoms with Crippen molar-refractivity contribution in [3.05, 3.63) is 0 Å². The maximum Gasteiger partial charge on any atom is -0.0275 e. The molecule has 0 aromatic rings. The van der Waals surface area contributed by atoms with Gasteiger partial charge in [0.15, 0.2) is 0 Å². The summed E-state index contributed by atoms with van der Waals surface area (Å²) >= 11 is 0. The van der Waals surface area contributed by atoms with Crippen molar-refractivity contribution < 1.29 is 0 Å². The van der Waals surface area contributed by atoms with Gasteiger partial charge in [-0.1, -0.05) is 60.3 Å². The van der Waals surface area contributed by atoms with Gasteiger partial charge in [0.25, 0.3) is 0 Å². The maximum atomic E-state index is 2.49. The molecule has 0 amide bonds. The van der Waals surface area contributed by atoms with Crippen LogP contribution < -0.4 is 0 Å². The molecule has 0 heterocycles. The van der Waals surface area contributed by atoms with Crippen LogP contribution in [0.15, 0.2) is 0 Å². The minimum atomic E-state index is 0.495. The molecule has 0 saturated heterocycles. The van der Waals surface area contributed by atoms with E-state index in [9.17, 15) is 0 Å². The lowest BCUT2D eigenvalue weighted by Gasteiger charge is -2.48. The largest absolute Gasteiger partial charge is 0.0649 e. The molecule has 84 valence electrons. The van der Waals surface area contributed by atoms with Gasteiger partial charge < -0.3 is 0 Å². The Balaban J connectivity index is 2.71. The third-order valence-corrected chi connectivity index (χ3v) is 5.25. The summed E-state index contributed by atoms with van der Waals surface area (Å²) < 4.78 is 0. The van der Waals surface area contributed by atoms with Crippen LogP contribution in [0, 0.1) is 16.7 Å². The van der Waals surface area contributed by atoms with Crippen molar-refractivity contribution in [2.75, 3.05) is 0 Å². The van der Waals surface area contributed by atoms with Crippen molar-refractivity contribution in [1.82, 2.24) is 0 Å². The lowest BCUT2D eigenvalue weighted by Crippen LogP contribution is -2.39. The third kappa shape index (κ3) is 2.15. The zero-order chi connectivity index (χ0) is 10.8. The number of rotatable bonds is 3. The molecule has 0 heteroatoms. The van der Waals surface area contributed by atoms with Crippen LogP contribution in [0.4, 0.5) is 0 Å². The van der Waals surface area contributed by atoms with Crippen LogP contribution in [0.25, 0.3) is 0 Å². The van der Waals surface area contributed by atoms with Crippen LogP contribution in [-0.2, 0) is 0 Å². The Kier molecular flexibility index (Phi) is 3.66. The van der Waals surface area contributed by atoms with Gasteiger partial charge in [0.1, 0.15) is 0 Å². The summed E-state index contributed by atoms with van der Waals surface area (Å²) in [6.07, 6.45) is 8.64. The highest BCUT2D eigenvalue weighted by Gasteiger charge is 2.41. The van der Waals surface area contributed by atoms with E-state index in [1.54, 1.807) is 0 Å². The Morgan fingerprint density at radius 3 is 1.86 bits per heavy atom. The highest BCUT2D eigenvalue weighted by molar-refractivity contribution is 4.91. The van der Waals surface area contributed by atoms with Crippen molar-refractivity contribution >= 4 is 0 Å². The Bertz CT molecular complexity index is 170. The van der Waals surface area contributed by atoms with Crippen LogP contribution in [0.2, 0.25) is 0 Å². The van der Waals surface area contributed by atoms with E-state index in [4.69, 9.17) is 0 Å². The van der Waals surface area contributed by atoms with E-state index in [2.05, 4.69) is 34.6 Å². The fraction of sp³-hybridized carbons (Fsp3) is 1.00. The normalized spacial score (nSPS) is 21.2. The van der Waals surface area contributed by atoms with Crippen molar-refractivity contribution in [2.24, 2.45) is 16.7 Å². The van der Waals surface area contributed by atoms with E-state index in [0.717, 1.165) is 5.92 Å². The minimum Gasteiger partial charge on any atom is -0.0649 e. The highest BCUT2D eigenvalue weighted by Crippen LogP contribution is 2.51. The van der Waals surface area contributed by atoms with Gasteiger partial charge in [-0.25, -0.2) is 0 Å². The molecular weight excluding hydrogens is 168 g/mol. The van der Waals surface area contributed by atoms with Gasteiger partial charge in [-0.15, -0.1) is 0 Å². The molecule has 1 aliphatic carbocycles. The van der Waals surface area contributed by atoms with Crippen LogP contribution in [0.1, 0.15) is 73.1 Å². The molecule has 0 spiro atoms. The molecule has 1 aliphatic rings. The Morgan fingerprint density at radius 2 is 1.43 bits per heavy atom. The molecule has 0 nitrogen and oxygen atoms in total. The zero-order valence-electron chi connectivity index (χ0n) is 10.8. The summed E-state index contributed by atoms with van der Waals surface area (Å²) in [5.74, 6) is 0.964. The first-order chi connectivity index (χ1) is 6.42. The van der Waals surface area contributed by atoms with E-state index in [1.165, 1.54) is 38.5 Å². The second-order valence-electron chi connectivity index (χ2n) is 6.29. The first-order valence-corrected chi connectivity index (χ1v) is 6.42. The first-order valence-electron chi connectivity index (χ1n) is 6.42. The second-order valence-corrected chi connectivity index (χ2v) is 6.29. The Hall–Kier alpha value is 0. The van der Waals surface area contributed by atoms with Crippen LogP contribution in [0.3, 0.4) is 0 Å². The van der Waals surface area contributed by atoms with Gasteiger partial charge >= 0.3 is 0 Å². The van der Waals surface area contributed by atoms with Gasteiger partial charge in [-0.2, -0.15) is 0 Å². The summed E-state index contributed by atoms with van der Waals surface area (Å²) in [5.41, 5.74) is 1.01. The molecule has 0 radical (unpaired) electrons. The van der Waals surface area contributed by atoms with E-state index in [1.807, 2.05) is 0 Å². The fourth-order valence-corrected chi connectivity index (χ4v) is 2.83. The molecule has 1 rings (SSSR count). The lowest BCUT2D eigenvalue weighted by atomic mass is 9.57. The average Bonchev–Trinajstić information content (AvgIpc) is 2.19. The van der Waals surface area contributed by atoms with Crippen molar-refractivity contribution in [3.63, 3.8) is 0 Å². The average molecular weight is 196 g/mol. The van der Waals surface area contributed by atoms with Crippen molar-refractivity contribution in [3.8, 4) is 0 Å². The predicted octanol–water partition coefficient (Wildman–Crippen LogP) is 5.03. The van der Waals surface area contributed by atoms with Gasteiger partial charge in [0, 0.05) is 0 Å². The van der Waals surface area contributed by atoms with E-state index >= 15 is 0 Å². The molecular formula is C14H28. The molecule has 1 saturated carbocycles.